The van der Waals surface area contributed by atoms with Gasteiger partial charge in [0.2, 0.25) is 0 Å². The van der Waals surface area contributed by atoms with Crippen LogP contribution in [-0.4, -0.2) is 6.29 Å². The summed E-state index contributed by atoms with van der Waals surface area (Å²) in [6, 6.07) is 0. The van der Waals surface area contributed by atoms with Gasteiger partial charge in [0.15, 0.2) is 6.29 Å². The molecule has 0 aromatic rings. The fourth-order valence-corrected chi connectivity index (χ4v) is 2.27. The van der Waals surface area contributed by atoms with Crippen molar-refractivity contribution >= 4 is 6.29 Å². The molecule has 0 N–H and O–H groups in total. The summed E-state index contributed by atoms with van der Waals surface area (Å²) in [5, 5.41) is 0. The van der Waals surface area contributed by atoms with Crippen molar-refractivity contribution in [2.75, 3.05) is 0 Å². The average molecular weight is 265 g/mol. The zero-order valence-electron chi connectivity index (χ0n) is 13.0. The van der Waals surface area contributed by atoms with Gasteiger partial charge in [-0.2, -0.15) is 0 Å². The zero-order valence-corrected chi connectivity index (χ0v) is 13.0. The molecule has 0 aliphatic rings. The van der Waals surface area contributed by atoms with Crippen molar-refractivity contribution in [3.05, 3.63) is 12.2 Å². The molecule has 0 aliphatic carbocycles. The summed E-state index contributed by atoms with van der Waals surface area (Å²) in [5.74, 6) is 0. The van der Waals surface area contributed by atoms with Gasteiger partial charge in [-0.1, -0.05) is 70.4 Å². The van der Waals surface area contributed by atoms with Crippen LogP contribution in [-0.2, 0) is 4.79 Å². The van der Waals surface area contributed by atoms with E-state index < -0.39 is 0 Å². The molecule has 0 unspecified atom stereocenters. The summed E-state index contributed by atoms with van der Waals surface area (Å²) in [6.45, 7) is 2.27. The monoisotopic (exact) mass is 265 g/mol. The van der Waals surface area contributed by atoms with Crippen molar-refractivity contribution < 1.29 is 4.79 Å². The van der Waals surface area contributed by atoms with Crippen LogP contribution in [0.2, 0.25) is 0 Å². The molecule has 0 aromatic carbocycles. The lowest BCUT2D eigenvalue weighted by atomic mass is 10.1. The predicted molar refractivity (Wildman–Crippen MR) is 85.1 cm³/mol. The third-order valence-corrected chi connectivity index (χ3v) is 3.54. The molecule has 0 saturated heterocycles. The highest BCUT2D eigenvalue weighted by atomic mass is 16.1. The number of rotatable bonds is 15. The van der Waals surface area contributed by atoms with Crippen LogP contribution < -0.4 is 0 Å². The molecule has 0 atom stereocenters. The van der Waals surface area contributed by atoms with Crippen molar-refractivity contribution in [3.63, 3.8) is 0 Å². The molecule has 1 heteroatoms. The summed E-state index contributed by atoms with van der Waals surface area (Å²) in [5.41, 5.74) is 0. The van der Waals surface area contributed by atoms with Crippen molar-refractivity contribution in [2.45, 2.75) is 96.8 Å². The van der Waals surface area contributed by atoms with E-state index in [1.165, 1.54) is 77.0 Å². The predicted octanol–water partition coefficient (Wildman–Crippen LogP) is 6.13. The normalized spacial score (nSPS) is 11.2. The number of hydrogen-bond acceptors (Lipinski definition) is 1. The van der Waals surface area contributed by atoms with Gasteiger partial charge in [0.05, 0.1) is 0 Å². The molecule has 0 heterocycles. The third kappa shape index (κ3) is 17.4. The first kappa shape index (κ1) is 18.4. The van der Waals surface area contributed by atoms with E-state index in [9.17, 15) is 4.79 Å². The first-order chi connectivity index (χ1) is 9.41. The topological polar surface area (TPSA) is 17.1 Å². The fraction of sp³-hybridized carbons (Fsp3) is 0.833. The van der Waals surface area contributed by atoms with E-state index in [2.05, 4.69) is 19.1 Å². The molecule has 0 saturated carbocycles. The van der Waals surface area contributed by atoms with Gasteiger partial charge in [0, 0.05) is 6.42 Å². The second kappa shape index (κ2) is 17.4. The Balaban J connectivity index is 3.03. The summed E-state index contributed by atoms with van der Waals surface area (Å²) in [7, 11) is 0. The molecule has 19 heavy (non-hydrogen) atoms. The Morgan fingerprint density at radius 1 is 0.684 bits per heavy atom. The van der Waals surface area contributed by atoms with Crippen LogP contribution in [0.4, 0.5) is 0 Å². The lowest BCUT2D eigenvalue weighted by molar-refractivity contribution is 0.544. The SMILES string of the molecule is CCCCCCCCC/C=C/CCCCCC[C]=O. The molecule has 0 aromatic heterocycles. The molecule has 1 nitrogen and oxygen atoms in total. The van der Waals surface area contributed by atoms with E-state index in [1.54, 1.807) is 0 Å². The van der Waals surface area contributed by atoms with E-state index in [0.717, 1.165) is 6.42 Å². The van der Waals surface area contributed by atoms with Gasteiger partial charge in [0.1, 0.15) is 0 Å². The molecular formula is C18H33O. The van der Waals surface area contributed by atoms with Crippen LogP contribution in [0.1, 0.15) is 96.8 Å². The van der Waals surface area contributed by atoms with Gasteiger partial charge >= 0.3 is 0 Å². The molecule has 0 aliphatic heterocycles. The minimum atomic E-state index is 0.619. The molecule has 0 rings (SSSR count). The lowest BCUT2D eigenvalue weighted by Gasteiger charge is -1.99. The molecule has 0 fully saturated rings. The zero-order chi connectivity index (χ0) is 14.0. The number of carbonyl (C=O) groups excluding carboxylic acids is 1. The average Bonchev–Trinajstić information content (AvgIpc) is 2.43. The maximum Gasteiger partial charge on any atom is 0.198 e. The second-order valence-electron chi connectivity index (χ2n) is 5.48. The fourth-order valence-electron chi connectivity index (χ4n) is 2.27. The number of allylic oxidation sites excluding steroid dienone is 2. The molecule has 0 amide bonds. The van der Waals surface area contributed by atoms with Crippen LogP contribution in [0, 0.1) is 0 Å². The molecule has 111 valence electrons. The minimum absolute atomic E-state index is 0.619. The first-order valence-corrected chi connectivity index (χ1v) is 8.41. The van der Waals surface area contributed by atoms with Crippen molar-refractivity contribution in [1.29, 1.82) is 0 Å². The van der Waals surface area contributed by atoms with Crippen LogP contribution in [0.3, 0.4) is 0 Å². The van der Waals surface area contributed by atoms with Crippen molar-refractivity contribution in [3.8, 4) is 0 Å². The molecule has 0 spiro atoms. The number of unbranched alkanes of at least 4 members (excludes halogenated alkanes) is 12. The summed E-state index contributed by atoms with van der Waals surface area (Å²) < 4.78 is 0. The number of hydrogen-bond donors (Lipinski definition) is 0. The first-order valence-electron chi connectivity index (χ1n) is 8.41. The Hall–Kier alpha value is -0.590. The van der Waals surface area contributed by atoms with Gasteiger partial charge in [-0.25, -0.2) is 0 Å². The molecular weight excluding hydrogens is 232 g/mol. The van der Waals surface area contributed by atoms with Crippen LogP contribution in [0.25, 0.3) is 0 Å². The molecule has 1 radical (unpaired) electrons. The largest absolute Gasteiger partial charge is 0.291 e. The van der Waals surface area contributed by atoms with Crippen LogP contribution in [0.15, 0.2) is 12.2 Å². The highest BCUT2D eigenvalue weighted by Crippen LogP contribution is 2.09. The van der Waals surface area contributed by atoms with Gasteiger partial charge in [-0.3, -0.25) is 4.79 Å². The Morgan fingerprint density at radius 3 is 1.68 bits per heavy atom. The summed E-state index contributed by atoms with van der Waals surface area (Å²) in [4.78, 5) is 10.0. The Morgan fingerprint density at radius 2 is 1.16 bits per heavy atom. The van der Waals surface area contributed by atoms with Gasteiger partial charge in [0.25, 0.3) is 0 Å². The molecule has 0 bridgehead atoms. The lowest BCUT2D eigenvalue weighted by Crippen LogP contribution is -1.80. The Bertz CT molecular complexity index is 196. The smallest absolute Gasteiger partial charge is 0.198 e. The van der Waals surface area contributed by atoms with E-state index in [-0.39, 0.29) is 0 Å². The van der Waals surface area contributed by atoms with Crippen LogP contribution >= 0.6 is 0 Å². The minimum Gasteiger partial charge on any atom is -0.291 e. The third-order valence-electron chi connectivity index (χ3n) is 3.54. The van der Waals surface area contributed by atoms with Gasteiger partial charge in [-0.05, 0) is 32.1 Å². The maximum atomic E-state index is 10.0. The van der Waals surface area contributed by atoms with E-state index in [4.69, 9.17) is 0 Å². The highest BCUT2D eigenvalue weighted by Gasteiger charge is 1.90. The standard InChI is InChI=1S/C18H33O/c1-2-3-4-5-6-7-8-9-10-11-12-13-14-15-16-17-18-19/h10-11H,2-9,12-17H2,1H3/b11-10+. The van der Waals surface area contributed by atoms with Crippen molar-refractivity contribution in [1.82, 2.24) is 0 Å². The maximum absolute atomic E-state index is 10.0. The Kier molecular flexibility index (Phi) is 16.9. The van der Waals surface area contributed by atoms with E-state index in [1.807, 2.05) is 6.29 Å². The van der Waals surface area contributed by atoms with Crippen molar-refractivity contribution in [2.24, 2.45) is 0 Å². The second-order valence-corrected chi connectivity index (χ2v) is 5.48. The summed E-state index contributed by atoms with van der Waals surface area (Å²) in [6.07, 6.45) is 24.2. The van der Waals surface area contributed by atoms with E-state index >= 15 is 0 Å². The van der Waals surface area contributed by atoms with Gasteiger partial charge < -0.3 is 0 Å². The van der Waals surface area contributed by atoms with E-state index in [0.29, 0.717) is 6.42 Å². The van der Waals surface area contributed by atoms with Gasteiger partial charge in [-0.15, -0.1) is 0 Å². The quantitative estimate of drug-likeness (QED) is 0.257. The Labute approximate surface area is 120 Å². The van der Waals surface area contributed by atoms with Crippen LogP contribution in [0.5, 0.6) is 0 Å². The summed E-state index contributed by atoms with van der Waals surface area (Å²) >= 11 is 0. The highest BCUT2D eigenvalue weighted by molar-refractivity contribution is 5.50.